The van der Waals surface area contributed by atoms with Crippen molar-refractivity contribution in [1.29, 1.82) is 0 Å². The molecule has 2 aliphatic heterocycles. The third-order valence-corrected chi connectivity index (χ3v) is 5.61. The van der Waals surface area contributed by atoms with Crippen LogP contribution in [0.2, 0.25) is 0 Å². The number of anilines is 1. The molecule has 1 amide bonds. The zero-order valence-corrected chi connectivity index (χ0v) is 14.7. The lowest BCUT2D eigenvalue weighted by atomic mass is 9.92. The van der Waals surface area contributed by atoms with E-state index in [9.17, 15) is 4.79 Å². The van der Waals surface area contributed by atoms with Gasteiger partial charge in [0.15, 0.2) is 0 Å². The molecule has 4 rings (SSSR count). The normalized spacial score (nSPS) is 22.7. The highest BCUT2D eigenvalue weighted by Crippen LogP contribution is 2.28. The molecule has 2 saturated heterocycles. The molecule has 0 aliphatic carbocycles. The third kappa shape index (κ3) is 3.31. The van der Waals surface area contributed by atoms with Gasteiger partial charge < -0.3 is 9.47 Å². The van der Waals surface area contributed by atoms with Crippen molar-refractivity contribution in [1.82, 2.24) is 19.7 Å². The maximum Gasteiger partial charge on any atom is 0.244 e. The summed E-state index contributed by atoms with van der Waals surface area (Å²) in [7, 11) is 2.00. The molecule has 1 unspecified atom stereocenters. The number of rotatable bonds is 4. The molecular weight excluding hydrogens is 314 g/mol. The zero-order chi connectivity index (χ0) is 17.2. The van der Waals surface area contributed by atoms with Gasteiger partial charge in [-0.3, -0.25) is 9.69 Å². The summed E-state index contributed by atoms with van der Waals surface area (Å²) in [5, 5.41) is 8.17. The molecule has 0 saturated carbocycles. The average Bonchev–Trinajstić information content (AvgIpc) is 3.22. The molecule has 1 atom stereocenters. The predicted octanol–water partition coefficient (Wildman–Crippen LogP) is 1.88. The van der Waals surface area contributed by atoms with E-state index < -0.39 is 0 Å². The van der Waals surface area contributed by atoms with Crippen LogP contribution < -0.4 is 4.90 Å². The van der Waals surface area contributed by atoms with Gasteiger partial charge in [-0.1, -0.05) is 18.2 Å². The van der Waals surface area contributed by atoms with Crippen molar-refractivity contribution in [3.63, 3.8) is 0 Å². The van der Waals surface area contributed by atoms with Crippen molar-refractivity contribution >= 4 is 11.6 Å². The van der Waals surface area contributed by atoms with Crippen LogP contribution in [0.25, 0.3) is 0 Å². The van der Waals surface area contributed by atoms with Crippen molar-refractivity contribution in [3.05, 3.63) is 42.5 Å². The molecule has 1 aromatic carbocycles. The number of amides is 1. The van der Waals surface area contributed by atoms with Gasteiger partial charge in [-0.2, -0.15) is 0 Å². The highest BCUT2D eigenvalue weighted by atomic mass is 16.2. The first-order valence-electron chi connectivity index (χ1n) is 9.15. The average molecular weight is 339 g/mol. The summed E-state index contributed by atoms with van der Waals surface area (Å²) in [6.45, 7) is 2.83. The van der Waals surface area contributed by atoms with Crippen LogP contribution in [0.15, 0.2) is 36.7 Å². The first-order chi connectivity index (χ1) is 12.2. The third-order valence-electron chi connectivity index (χ3n) is 5.61. The fraction of sp³-hybridized carbons (Fsp3) is 0.526. The number of hydrogen-bond donors (Lipinski definition) is 0. The van der Waals surface area contributed by atoms with Crippen molar-refractivity contribution < 1.29 is 4.79 Å². The van der Waals surface area contributed by atoms with Gasteiger partial charge in [-0.25, -0.2) is 0 Å². The molecule has 2 aliphatic rings. The van der Waals surface area contributed by atoms with E-state index in [1.54, 1.807) is 6.33 Å². The van der Waals surface area contributed by atoms with Crippen LogP contribution in [-0.4, -0.2) is 51.2 Å². The number of carbonyl (C=O) groups is 1. The second-order valence-electron chi connectivity index (χ2n) is 7.17. The summed E-state index contributed by atoms with van der Waals surface area (Å²) < 4.78 is 2.00. The number of hydrogen-bond acceptors (Lipinski definition) is 4. The summed E-state index contributed by atoms with van der Waals surface area (Å²) in [5.41, 5.74) is 1.02. The number of para-hydroxylation sites is 1. The molecule has 25 heavy (non-hydrogen) atoms. The smallest absolute Gasteiger partial charge is 0.244 e. The lowest BCUT2D eigenvalue weighted by Gasteiger charge is -2.35. The Morgan fingerprint density at radius 3 is 2.52 bits per heavy atom. The van der Waals surface area contributed by atoms with Gasteiger partial charge in [0.2, 0.25) is 5.91 Å². The molecule has 6 heteroatoms. The van der Waals surface area contributed by atoms with Crippen molar-refractivity contribution in [2.24, 2.45) is 13.0 Å². The number of aromatic nitrogens is 3. The predicted molar refractivity (Wildman–Crippen MR) is 96.2 cm³/mol. The Morgan fingerprint density at radius 2 is 1.84 bits per heavy atom. The van der Waals surface area contributed by atoms with Crippen molar-refractivity contribution in [2.45, 2.75) is 31.7 Å². The molecule has 0 spiro atoms. The minimum atomic E-state index is 0.0518. The summed E-state index contributed by atoms with van der Waals surface area (Å²) in [6.07, 6.45) is 5.94. The van der Waals surface area contributed by atoms with E-state index in [0.717, 1.165) is 56.8 Å². The number of aryl methyl sites for hydroxylation is 1. The van der Waals surface area contributed by atoms with Crippen LogP contribution in [0.3, 0.4) is 0 Å². The number of piperidine rings is 1. The van der Waals surface area contributed by atoms with E-state index in [4.69, 9.17) is 0 Å². The molecule has 2 fully saturated rings. The number of likely N-dealkylation sites (tertiary alicyclic amines) is 1. The number of carbonyl (C=O) groups excluding carboxylic acids is 1. The van der Waals surface area contributed by atoms with Crippen LogP contribution in [0.1, 0.15) is 25.1 Å². The largest absolute Gasteiger partial charge is 0.321 e. The minimum Gasteiger partial charge on any atom is -0.321 e. The van der Waals surface area contributed by atoms with Gasteiger partial charge in [-0.05, 0) is 50.4 Å². The summed E-state index contributed by atoms with van der Waals surface area (Å²) in [4.78, 5) is 17.2. The molecule has 6 nitrogen and oxygen atoms in total. The standard InChI is InChI=1S/C19H25N5O/c1-22-14-20-21-18(22)13-15-7-10-23(11-8-15)17-9-12-24(19(17)25)16-5-3-2-4-6-16/h2-6,14-15,17H,7-13H2,1H3. The molecule has 1 aromatic heterocycles. The quantitative estimate of drug-likeness (QED) is 0.853. The van der Waals surface area contributed by atoms with E-state index in [2.05, 4.69) is 15.1 Å². The Balaban J connectivity index is 1.34. The monoisotopic (exact) mass is 339 g/mol. The topological polar surface area (TPSA) is 54.3 Å². The Kier molecular flexibility index (Phi) is 4.53. The van der Waals surface area contributed by atoms with Crippen molar-refractivity contribution in [3.8, 4) is 0 Å². The van der Waals surface area contributed by atoms with E-state index in [0.29, 0.717) is 5.92 Å². The zero-order valence-electron chi connectivity index (χ0n) is 14.7. The van der Waals surface area contributed by atoms with Crippen LogP contribution in [-0.2, 0) is 18.3 Å². The lowest BCUT2D eigenvalue weighted by Crippen LogP contribution is -2.46. The lowest BCUT2D eigenvalue weighted by molar-refractivity contribution is -0.122. The highest BCUT2D eigenvalue weighted by Gasteiger charge is 2.38. The molecule has 0 radical (unpaired) electrons. The van der Waals surface area contributed by atoms with Gasteiger partial charge in [0.25, 0.3) is 0 Å². The van der Waals surface area contributed by atoms with Crippen LogP contribution in [0.4, 0.5) is 5.69 Å². The van der Waals surface area contributed by atoms with E-state index >= 15 is 0 Å². The molecule has 2 aromatic rings. The molecule has 132 valence electrons. The van der Waals surface area contributed by atoms with Crippen LogP contribution in [0, 0.1) is 5.92 Å². The fourth-order valence-corrected chi connectivity index (χ4v) is 4.09. The van der Waals surface area contributed by atoms with Crippen LogP contribution in [0.5, 0.6) is 0 Å². The first-order valence-corrected chi connectivity index (χ1v) is 9.15. The second-order valence-corrected chi connectivity index (χ2v) is 7.17. The highest BCUT2D eigenvalue weighted by molar-refractivity contribution is 5.99. The van der Waals surface area contributed by atoms with Gasteiger partial charge in [-0.15, -0.1) is 10.2 Å². The molecule has 0 N–H and O–H groups in total. The maximum absolute atomic E-state index is 12.9. The Bertz CT molecular complexity index is 720. The summed E-state index contributed by atoms with van der Waals surface area (Å²) in [5.74, 6) is 1.96. The minimum absolute atomic E-state index is 0.0518. The summed E-state index contributed by atoms with van der Waals surface area (Å²) in [6, 6.07) is 10.1. The summed E-state index contributed by atoms with van der Waals surface area (Å²) >= 11 is 0. The van der Waals surface area contributed by atoms with E-state index in [1.165, 1.54) is 0 Å². The Labute approximate surface area is 148 Å². The SMILES string of the molecule is Cn1cnnc1CC1CCN(C2CCN(c3ccccc3)C2=O)CC1. The van der Waals surface area contributed by atoms with Gasteiger partial charge in [0.1, 0.15) is 12.2 Å². The van der Waals surface area contributed by atoms with E-state index in [-0.39, 0.29) is 11.9 Å². The van der Waals surface area contributed by atoms with E-state index in [1.807, 2.05) is 46.8 Å². The van der Waals surface area contributed by atoms with Crippen LogP contribution >= 0.6 is 0 Å². The number of nitrogens with zero attached hydrogens (tertiary/aromatic N) is 5. The van der Waals surface area contributed by atoms with Gasteiger partial charge in [0.05, 0.1) is 6.04 Å². The Hall–Kier alpha value is -2.21. The second kappa shape index (κ2) is 6.96. The molecular formula is C19H25N5O. The number of benzene rings is 1. The Morgan fingerprint density at radius 1 is 1.08 bits per heavy atom. The molecule has 0 bridgehead atoms. The fourth-order valence-electron chi connectivity index (χ4n) is 4.09. The van der Waals surface area contributed by atoms with Gasteiger partial charge in [0, 0.05) is 25.7 Å². The maximum atomic E-state index is 12.9. The van der Waals surface area contributed by atoms with Crippen molar-refractivity contribution in [2.75, 3.05) is 24.5 Å². The first kappa shape index (κ1) is 16.3. The molecule has 3 heterocycles. The van der Waals surface area contributed by atoms with Gasteiger partial charge >= 0.3 is 0 Å².